The zero-order valence-electron chi connectivity index (χ0n) is 12.9. The molecule has 0 amide bonds. The molecule has 4 heteroatoms. The molecule has 0 spiro atoms. The first kappa shape index (κ1) is 14.8. The minimum Gasteiger partial charge on any atom is -0.346 e. The van der Waals surface area contributed by atoms with E-state index < -0.39 is 0 Å². The second-order valence-electron chi connectivity index (χ2n) is 6.10. The van der Waals surface area contributed by atoms with Crippen molar-refractivity contribution in [2.45, 2.75) is 71.5 Å². The van der Waals surface area contributed by atoms with E-state index in [1.54, 1.807) is 0 Å². The van der Waals surface area contributed by atoms with Gasteiger partial charge in [-0.2, -0.15) is 0 Å². The summed E-state index contributed by atoms with van der Waals surface area (Å²) < 4.78 is 0. The van der Waals surface area contributed by atoms with Gasteiger partial charge in [-0.25, -0.2) is 4.98 Å². The molecule has 1 aliphatic rings. The minimum absolute atomic E-state index is 0.171. The van der Waals surface area contributed by atoms with Crippen LogP contribution in [0, 0.1) is 0 Å². The molecule has 0 bridgehead atoms. The maximum Gasteiger partial charge on any atom is 0.186 e. The first-order valence-corrected chi connectivity index (χ1v) is 8.25. The molecule has 0 unspecified atom stereocenters. The molecule has 108 valence electrons. The molecule has 19 heavy (non-hydrogen) atoms. The second-order valence-corrected chi connectivity index (χ2v) is 7.16. The molecule has 1 aromatic heterocycles. The summed E-state index contributed by atoms with van der Waals surface area (Å²) in [7, 11) is 2.17. The summed E-state index contributed by atoms with van der Waals surface area (Å²) in [6.45, 7) is 9.99. The minimum atomic E-state index is 0.171. The van der Waals surface area contributed by atoms with Crippen LogP contribution < -0.4 is 10.2 Å². The van der Waals surface area contributed by atoms with Crippen LogP contribution in [0.15, 0.2) is 0 Å². The number of hydrogen-bond donors (Lipinski definition) is 1. The largest absolute Gasteiger partial charge is 0.346 e. The third-order valence-corrected chi connectivity index (χ3v) is 5.46. The van der Waals surface area contributed by atoms with Gasteiger partial charge in [-0.15, -0.1) is 11.3 Å². The zero-order chi connectivity index (χ0) is 14.0. The summed E-state index contributed by atoms with van der Waals surface area (Å²) in [6.07, 6.45) is 4.84. The van der Waals surface area contributed by atoms with E-state index >= 15 is 0 Å². The van der Waals surface area contributed by atoms with Crippen LogP contribution in [0.4, 0.5) is 5.13 Å². The Morgan fingerprint density at radius 3 is 2.58 bits per heavy atom. The van der Waals surface area contributed by atoms with Gasteiger partial charge in [-0.1, -0.05) is 13.8 Å². The number of hydrogen-bond acceptors (Lipinski definition) is 4. The highest BCUT2D eigenvalue weighted by Gasteiger charge is 2.26. The molecule has 0 saturated heterocycles. The zero-order valence-corrected chi connectivity index (χ0v) is 13.7. The Hall–Kier alpha value is -0.610. The SMILES string of the molecule is CCc1nc(N(C)C(C)(C)CC)sc1CNC1CC1. The van der Waals surface area contributed by atoms with Gasteiger partial charge in [0.2, 0.25) is 0 Å². The van der Waals surface area contributed by atoms with Crippen LogP contribution in [-0.4, -0.2) is 23.6 Å². The van der Waals surface area contributed by atoms with Crippen molar-refractivity contribution in [1.29, 1.82) is 0 Å². The van der Waals surface area contributed by atoms with Crippen molar-refractivity contribution >= 4 is 16.5 Å². The smallest absolute Gasteiger partial charge is 0.186 e. The number of anilines is 1. The van der Waals surface area contributed by atoms with Gasteiger partial charge >= 0.3 is 0 Å². The molecule has 0 atom stereocenters. The number of nitrogens with one attached hydrogen (secondary N) is 1. The molecular formula is C15H27N3S. The Labute approximate surface area is 121 Å². The quantitative estimate of drug-likeness (QED) is 0.828. The van der Waals surface area contributed by atoms with Crippen molar-refractivity contribution in [2.75, 3.05) is 11.9 Å². The molecule has 3 nitrogen and oxygen atoms in total. The van der Waals surface area contributed by atoms with Crippen molar-refractivity contribution in [2.24, 2.45) is 0 Å². The van der Waals surface area contributed by atoms with Gasteiger partial charge in [-0.3, -0.25) is 0 Å². The van der Waals surface area contributed by atoms with Crippen LogP contribution >= 0.6 is 11.3 Å². The van der Waals surface area contributed by atoms with E-state index in [9.17, 15) is 0 Å². The van der Waals surface area contributed by atoms with E-state index in [1.165, 1.54) is 23.4 Å². The van der Waals surface area contributed by atoms with Crippen LogP contribution in [-0.2, 0) is 13.0 Å². The molecule has 1 fully saturated rings. The molecule has 0 aliphatic heterocycles. The lowest BCUT2D eigenvalue weighted by Crippen LogP contribution is -2.40. The Kier molecular flexibility index (Phi) is 4.51. The van der Waals surface area contributed by atoms with Crippen molar-refractivity contribution in [3.63, 3.8) is 0 Å². The average Bonchev–Trinajstić information content (AvgIpc) is 3.14. The Balaban J connectivity index is 2.12. The fraction of sp³-hybridized carbons (Fsp3) is 0.800. The Morgan fingerprint density at radius 2 is 2.05 bits per heavy atom. The van der Waals surface area contributed by atoms with Crippen LogP contribution in [0.25, 0.3) is 0 Å². The van der Waals surface area contributed by atoms with Crippen molar-refractivity contribution in [3.8, 4) is 0 Å². The van der Waals surface area contributed by atoms with Crippen LogP contribution in [0.1, 0.15) is 57.5 Å². The fourth-order valence-corrected chi connectivity index (χ4v) is 3.17. The summed E-state index contributed by atoms with van der Waals surface area (Å²) in [5.41, 5.74) is 1.44. The highest BCUT2D eigenvalue weighted by molar-refractivity contribution is 7.15. The summed E-state index contributed by atoms with van der Waals surface area (Å²) in [5.74, 6) is 0. The lowest BCUT2D eigenvalue weighted by Gasteiger charge is -2.34. The molecule has 1 aliphatic carbocycles. The van der Waals surface area contributed by atoms with Crippen LogP contribution in [0.2, 0.25) is 0 Å². The van der Waals surface area contributed by atoms with Crippen LogP contribution in [0.5, 0.6) is 0 Å². The summed E-state index contributed by atoms with van der Waals surface area (Å²) in [6, 6.07) is 0.764. The lowest BCUT2D eigenvalue weighted by molar-refractivity contribution is 0.470. The molecule has 1 saturated carbocycles. The summed E-state index contributed by atoms with van der Waals surface area (Å²) in [4.78, 5) is 8.60. The summed E-state index contributed by atoms with van der Waals surface area (Å²) >= 11 is 1.86. The van der Waals surface area contributed by atoms with E-state index in [-0.39, 0.29) is 5.54 Å². The molecule has 1 N–H and O–H groups in total. The van der Waals surface area contributed by atoms with Gasteiger partial charge in [0.1, 0.15) is 0 Å². The van der Waals surface area contributed by atoms with Gasteiger partial charge in [0, 0.05) is 30.1 Å². The van der Waals surface area contributed by atoms with Gasteiger partial charge in [0.15, 0.2) is 5.13 Å². The lowest BCUT2D eigenvalue weighted by atomic mass is 10.0. The number of aromatic nitrogens is 1. The standard InChI is InChI=1S/C15H27N3S/c1-6-12-13(10-16-11-8-9-11)19-14(17-12)18(5)15(3,4)7-2/h11,16H,6-10H2,1-5H3. The highest BCUT2D eigenvalue weighted by Crippen LogP contribution is 2.32. The first-order chi connectivity index (χ1) is 8.97. The molecule has 2 rings (SSSR count). The second kappa shape index (κ2) is 5.80. The third-order valence-electron chi connectivity index (χ3n) is 4.29. The van der Waals surface area contributed by atoms with Crippen molar-refractivity contribution in [1.82, 2.24) is 10.3 Å². The van der Waals surface area contributed by atoms with E-state index in [1.807, 2.05) is 11.3 Å². The van der Waals surface area contributed by atoms with E-state index in [0.29, 0.717) is 0 Å². The van der Waals surface area contributed by atoms with Gasteiger partial charge in [-0.05, 0) is 39.5 Å². The molecular weight excluding hydrogens is 254 g/mol. The number of rotatable bonds is 7. The van der Waals surface area contributed by atoms with E-state index in [2.05, 4.69) is 45.0 Å². The maximum absolute atomic E-state index is 4.85. The van der Waals surface area contributed by atoms with Crippen molar-refractivity contribution in [3.05, 3.63) is 10.6 Å². The van der Waals surface area contributed by atoms with Gasteiger partial charge in [0.25, 0.3) is 0 Å². The van der Waals surface area contributed by atoms with Gasteiger partial charge < -0.3 is 10.2 Å². The maximum atomic E-state index is 4.85. The molecule has 1 heterocycles. The predicted molar refractivity (Wildman–Crippen MR) is 84.1 cm³/mol. The highest BCUT2D eigenvalue weighted by atomic mass is 32.1. The monoisotopic (exact) mass is 281 g/mol. The topological polar surface area (TPSA) is 28.2 Å². The van der Waals surface area contributed by atoms with E-state index in [0.717, 1.165) is 30.6 Å². The van der Waals surface area contributed by atoms with Gasteiger partial charge in [0.05, 0.1) is 5.69 Å². The summed E-state index contributed by atoms with van der Waals surface area (Å²) in [5, 5.41) is 4.77. The molecule has 0 radical (unpaired) electrons. The average molecular weight is 281 g/mol. The molecule has 1 aromatic rings. The predicted octanol–water partition coefficient (Wildman–Crippen LogP) is 3.58. The van der Waals surface area contributed by atoms with E-state index in [4.69, 9.17) is 4.98 Å². The third kappa shape index (κ3) is 3.48. The van der Waals surface area contributed by atoms with Crippen LogP contribution in [0.3, 0.4) is 0 Å². The fourth-order valence-electron chi connectivity index (χ4n) is 1.95. The number of aryl methyl sites for hydroxylation is 1. The first-order valence-electron chi connectivity index (χ1n) is 7.43. The Morgan fingerprint density at radius 1 is 1.37 bits per heavy atom. The normalized spacial score (nSPS) is 15.8. The number of thiazole rings is 1. The van der Waals surface area contributed by atoms with Crippen molar-refractivity contribution < 1.29 is 0 Å². The molecule has 0 aromatic carbocycles. The Bertz CT molecular complexity index is 421. The number of nitrogens with zero attached hydrogens (tertiary/aromatic N) is 2.